The molecule has 0 aliphatic rings. The lowest BCUT2D eigenvalue weighted by atomic mass is 10.1. The average Bonchev–Trinajstić information content (AvgIpc) is 3.08. The zero-order valence-electron chi connectivity index (χ0n) is 13.4. The van der Waals surface area contributed by atoms with Gasteiger partial charge in [-0.25, -0.2) is 4.79 Å². The van der Waals surface area contributed by atoms with Crippen LogP contribution in [0.2, 0.25) is 0 Å². The fourth-order valence-electron chi connectivity index (χ4n) is 2.60. The summed E-state index contributed by atoms with van der Waals surface area (Å²) in [6, 6.07) is 7.49. The predicted molar refractivity (Wildman–Crippen MR) is 90.8 cm³/mol. The number of imidazole rings is 1. The summed E-state index contributed by atoms with van der Waals surface area (Å²) in [4.78, 5) is 28.0. The van der Waals surface area contributed by atoms with Crippen molar-refractivity contribution in [2.75, 3.05) is 7.05 Å². The number of carbonyl (C=O) groups is 1. The highest BCUT2D eigenvalue weighted by Crippen LogP contribution is 2.21. The molecule has 0 aliphatic heterocycles. The normalized spacial score (nSPS) is 11.9. The van der Waals surface area contributed by atoms with Crippen molar-refractivity contribution in [3.05, 3.63) is 56.8 Å². The van der Waals surface area contributed by atoms with Crippen molar-refractivity contribution in [3.8, 4) is 0 Å². The monoisotopic (exact) mass is 431 g/mol. The molecule has 0 fully saturated rings. The lowest BCUT2D eigenvalue weighted by Crippen LogP contribution is -2.26. The minimum atomic E-state index is -4.52. The van der Waals surface area contributed by atoms with E-state index in [0.29, 0.717) is 15.0 Å². The Morgan fingerprint density at radius 3 is 2.65 bits per heavy atom. The Balaban J connectivity index is 1.86. The smallest absolute Gasteiger partial charge is 0.406 e. The van der Waals surface area contributed by atoms with Crippen molar-refractivity contribution >= 4 is 32.9 Å². The largest absolute Gasteiger partial charge is 0.452 e. The van der Waals surface area contributed by atoms with E-state index in [1.54, 1.807) is 19.2 Å². The number of furan rings is 1. The van der Waals surface area contributed by atoms with E-state index in [4.69, 9.17) is 4.42 Å². The Labute approximate surface area is 153 Å². The summed E-state index contributed by atoms with van der Waals surface area (Å²) in [7, 11) is 1.57. The minimum absolute atomic E-state index is 0.0847. The van der Waals surface area contributed by atoms with E-state index >= 15 is 0 Å². The molecule has 0 unspecified atom stereocenters. The molecule has 6 nitrogen and oxygen atoms in total. The number of benzene rings is 1. The molecule has 26 heavy (non-hydrogen) atoms. The first-order valence-corrected chi connectivity index (χ1v) is 8.22. The lowest BCUT2D eigenvalue weighted by molar-refractivity contribution is -0.140. The highest BCUT2D eigenvalue weighted by molar-refractivity contribution is 9.10. The van der Waals surface area contributed by atoms with Gasteiger partial charge < -0.3 is 14.3 Å². The molecule has 3 rings (SSSR count). The number of aromatic amines is 1. The van der Waals surface area contributed by atoms with E-state index in [1.165, 1.54) is 23.1 Å². The van der Waals surface area contributed by atoms with Gasteiger partial charge in [0.15, 0.2) is 4.67 Å². The first kappa shape index (κ1) is 18.3. The Morgan fingerprint density at radius 1 is 1.31 bits per heavy atom. The second kappa shape index (κ2) is 6.67. The molecular formula is C16H13BrF3N3O3. The van der Waals surface area contributed by atoms with E-state index < -0.39 is 18.4 Å². The van der Waals surface area contributed by atoms with Crippen LogP contribution in [-0.4, -0.2) is 33.6 Å². The average molecular weight is 432 g/mol. The maximum absolute atomic E-state index is 12.6. The van der Waals surface area contributed by atoms with Crippen molar-refractivity contribution < 1.29 is 22.4 Å². The standard InChI is InChI=1S/C16H13BrF3N3O3/c1-22(7-10-3-5-13(17)26-10)14(24)9-2-4-12-11(6-9)21-15(25)23(12)8-16(18,19)20/h2-6H,7-8H2,1H3,(H,21,25). The fourth-order valence-corrected chi connectivity index (χ4v) is 2.94. The van der Waals surface area contributed by atoms with Crippen LogP contribution in [0.1, 0.15) is 16.1 Å². The minimum Gasteiger partial charge on any atom is -0.452 e. The zero-order valence-corrected chi connectivity index (χ0v) is 15.0. The molecule has 2 aromatic heterocycles. The van der Waals surface area contributed by atoms with Gasteiger partial charge in [0.05, 0.1) is 17.6 Å². The molecule has 0 spiro atoms. The first-order chi connectivity index (χ1) is 12.1. The number of amides is 1. The summed E-state index contributed by atoms with van der Waals surface area (Å²) < 4.78 is 44.3. The molecule has 0 saturated carbocycles. The molecule has 1 aromatic carbocycles. The van der Waals surface area contributed by atoms with Crippen LogP contribution in [0.5, 0.6) is 0 Å². The second-order valence-electron chi connectivity index (χ2n) is 5.73. The Bertz CT molecular complexity index is 1020. The van der Waals surface area contributed by atoms with Crippen LogP contribution in [0.25, 0.3) is 11.0 Å². The van der Waals surface area contributed by atoms with Crippen LogP contribution in [-0.2, 0) is 13.1 Å². The summed E-state index contributed by atoms with van der Waals surface area (Å²) in [6.07, 6.45) is -4.52. The number of nitrogens with one attached hydrogen (secondary N) is 1. The van der Waals surface area contributed by atoms with Crippen molar-refractivity contribution in [1.29, 1.82) is 0 Å². The van der Waals surface area contributed by atoms with Crippen molar-refractivity contribution in [1.82, 2.24) is 14.5 Å². The summed E-state index contributed by atoms with van der Waals surface area (Å²) in [5.41, 5.74) is -0.387. The van der Waals surface area contributed by atoms with Crippen LogP contribution in [0.3, 0.4) is 0 Å². The van der Waals surface area contributed by atoms with Gasteiger partial charge in [-0.1, -0.05) is 0 Å². The van der Waals surface area contributed by atoms with Gasteiger partial charge in [0, 0.05) is 12.6 Å². The van der Waals surface area contributed by atoms with Gasteiger partial charge in [-0.3, -0.25) is 9.36 Å². The maximum Gasteiger partial charge on any atom is 0.406 e. The van der Waals surface area contributed by atoms with Crippen LogP contribution in [0, 0.1) is 0 Å². The van der Waals surface area contributed by atoms with Gasteiger partial charge >= 0.3 is 11.9 Å². The molecule has 2 heterocycles. The van der Waals surface area contributed by atoms with Crippen LogP contribution in [0.15, 0.2) is 44.2 Å². The topological polar surface area (TPSA) is 71.2 Å². The van der Waals surface area contributed by atoms with Gasteiger partial charge in [0.2, 0.25) is 0 Å². The summed E-state index contributed by atoms with van der Waals surface area (Å²) in [5.74, 6) is 0.211. The fraction of sp³-hybridized carbons (Fsp3) is 0.250. The number of rotatable bonds is 4. The number of nitrogens with zero attached hydrogens (tertiary/aromatic N) is 2. The number of carbonyl (C=O) groups excluding carboxylic acids is 1. The zero-order chi connectivity index (χ0) is 19.1. The molecule has 1 amide bonds. The van der Waals surface area contributed by atoms with Crippen LogP contribution >= 0.6 is 15.9 Å². The molecule has 0 radical (unpaired) electrons. The van der Waals surface area contributed by atoms with Gasteiger partial charge in [-0.2, -0.15) is 13.2 Å². The summed E-state index contributed by atoms with van der Waals surface area (Å²) >= 11 is 3.17. The third-order valence-electron chi connectivity index (χ3n) is 3.73. The highest BCUT2D eigenvalue weighted by Gasteiger charge is 2.30. The maximum atomic E-state index is 12.6. The molecule has 138 valence electrons. The molecule has 0 aliphatic carbocycles. The molecule has 0 atom stereocenters. The number of alkyl halides is 3. The number of hydrogen-bond donors (Lipinski definition) is 1. The SMILES string of the molecule is CN(Cc1ccc(Br)o1)C(=O)c1ccc2c(c1)[nH]c(=O)n2CC(F)(F)F. The third-order valence-corrected chi connectivity index (χ3v) is 4.15. The Kier molecular flexibility index (Phi) is 4.70. The molecule has 10 heteroatoms. The molecular weight excluding hydrogens is 419 g/mol. The number of halogens is 4. The van der Waals surface area contributed by atoms with E-state index in [-0.39, 0.29) is 29.0 Å². The number of aromatic nitrogens is 2. The van der Waals surface area contributed by atoms with Crippen molar-refractivity contribution in [2.45, 2.75) is 19.3 Å². The molecule has 1 N–H and O–H groups in total. The summed E-state index contributed by atoms with van der Waals surface area (Å²) in [6.45, 7) is -1.18. The van der Waals surface area contributed by atoms with Crippen LogP contribution < -0.4 is 5.69 Å². The molecule has 3 aromatic rings. The summed E-state index contributed by atoms with van der Waals surface area (Å²) in [5, 5.41) is 0. The van der Waals surface area contributed by atoms with E-state index in [1.807, 2.05) is 0 Å². The highest BCUT2D eigenvalue weighted by atomic mass is 79.9. The van der Waals surface area contributed by atoms with E-state index in [0.717, 1.165) is 0 Å². The molecule has 0 bridgehead atoms. The predicted octanol–water partition coefficient (Wildman–Crippen LogP) is 3.52. The van der Waals surface area contributed by atoms with E-state index in [2.05, 4.69) is 20.9 Å². The Morgan fingerprint density at radius 2 is 2.04 bits per heavy atom. The number of fused-ring (bicyclic) bond motifs is 1. The first-order valence-electron chi connectivity index (χ1n) is 7.43. The third kappa shape index (κ3) is 3.85. The van der Waals surface area contributed by atoms with Gasteiger partial charge in [0.1, 0.15) is 12.3 Å². The van der Waals surface area contributed by atoms with Gasteiger partial charge in [0.25, 0.3) is 5.91 Å². The number of hydrogen-bond acceptors (Lipinski definition) is 3. The van der Waals surface area contributed by atoms with Gasteiger partial charge in [-0.15, -0.1) is 0 Å². The lowest BCUT2D eigenvalue weighted by Gasteiger charge is -2.16. The van der Waals surface area contributed by atoms with Gasteiger partial charge in [-0.05, 0) is 46.3 Å². The van der Waals surface area contributed by atoms with E-state index in [9.17, 15) is 22.8 Å². The number of H-pyrrole nitrogens is 1. The second-order valence-corrected chi connectivity index (χ2v) is 6.51. The van der Waals surface area contributed by atoms with Crippen molar-refractivity contribution in [2.24, 2.45) is 0 Å². The van der Waals surface area contributed by atoms with Crippen LogP contribution in [0.4, 0.5) is 13.2 Å². The Hall–Kier alpha value is -2.49. The molecule has 0 saturated heterocycles. The van der Waals surface area contributed by atoms with Crippen molar-refractivity contribution in [3.63, 3.8) is 0 Å². The quantitative estimate of drug-likeness (QED) is 0.686.